The van der Waals surface area contributed by atoms with Crippen molar-refractivity contribution in [2.75, 3.05) is 0 Å². The van der Waals surface area contributed by atoms with E-state index in [2.05, 4.69) is 30.1 Å². The van der Waals surface area contributed by atoms with E-state index in [0.29, 0.717) is 21.4 Å². The lowest BCUT2D eigenvalue weighted by atomic mass is 10.1. The van der Waals surface area contributed by atoms with Gasteiger partial charge in [0.25, 0.3) is 0 Å². The van der Waals surface area contributed by atoms with Crippen molar-refractivity contribution in [2.45, 2.75) is 13.5 Å². The second kappa shape index (κ2) is 5.24. The molecule has 20 heavy (non-hydrogen) atoms. The number of imidazole rings is 1. The summed E-state index contributed by atoms with van der Waals surface area (Å²) in [5.41, 5.74) is 4.30. The maximum Gasteiger partial charge on any atom is 0.178 e. The van der Waals surface area contributed by atoms with Crippen LogP contribution < -0.4 is 0 Å². The molecule has 3 aromatic rings. The van der Waals surface area contributed by atoms with E-state index in [9.17, 15) is 0 Å². The average molecular weight is 323 g/mol. The Kier molecular flexibility index (Phi) is 3.59. The lowest BCUT2D eigenvalue weighted by Gasteiger charge is -2.06. The summed E-state index contributed by atoms with van der Waals surface area (Å²) in [5.74, 6) is 0. The number of aromatic amines is 1. The maximum absolute atomic E-state index is 6.10. The molecule has 0 saturated carbocycles. The first-order chi connectivity index (χ1) is 9.54. The summed E-state index contributed by atoms with van der Waals surface area (Å²) < 4.78 is 2.70. The molecule has 102 valence electrons. The number of fused-ring (bicyclic) bond motifs is 1. The second-order valence-electron chi connectivity index (χ2n) is 4.79. The van der Waals surface area contributed by atoms with Gasteiger partial charge in [-0.1, -0.05) is 53.0 Å². The zero-order valence-electron chi connectivity index (χ0n) is 10.8. The van der Waals surface area contributed by atoms with Crippen LogP contribution in [0.1, 0.15) is 11.1 Å². The van der Waals surface area contributed by atoms with Gasteiger partial charge in [0, 0.05) is 0 Å². The molecule has 0 amide bonds. The summed E-state index contributed by atoms with van der Waals surface area (Å²) >= 11 is 17.5. The van der Waals surface area contributed by atoms with Gasteiger partial charge in [0.2, 0.25) is 0 Å². The summed E-state index contributed by atoms with van der Waals surface area (Å²) in [5, 5.41) is 1.06. The van der Waals surface area contributed by atoms with Gasteiger partial charge in [-0.15, -0.1) is 0 Å². The highest BCUT2D eigenvalue weighted by atomic mass is 35.5. The Morgan fingerprint density at radius 3 is 2.65 bits per heavy atom. The fourth-order valence-corrected chi connectivity index (χ4v) is 2.90. The molecule has 0 saturated heterocycles. The fraction of sp³-hybridized carbons (Fsp3) is 0.133. The third kappa shape index (κ3) is 2.49. The molecule has 0 radical (unpaired) electrons. The molecule has 1 heterocycles. The van der Waals surface area contributed by atoms with Crippen LogP contribution in [-0.2, 0) is 6.54 Å². The number of hydrogen-bond acceptors (Lipinski definition) is 1. The molecule has 0 unspecified atom stereocenters. The van der Waals surface area contributed by atoms with Gasteiger partial charge < -0.3 is 9.55 Å². The van der Waals surface area contributed by atoms with Gasteiger partial charge in [0.15, 0.2) is 4.77 Å². The molecule has 0 spiro atoms. The minimum absolute atomic E-state index is 0.526. The number of aryl methyl sites for hydroxylation is 1. The topological polar surface area (TPSA) is 20.7 Å². The number of rotatable bonds is 2. The minimum atomic E-state index is 0.526. The highest BCUT2D eigenvalue weighted by Gasteiger charge is 2.08. The molecule has 0 atom stereocenters. The lowest BCUT2D eigenvalue weighted by Crippen LogP contribution is -1.99. The molecule has 0 aliphatic heterocycles. The largest absolute Gasteiger partial charge is 0.331 e. The number of hydrogen-bond donors (Lipinski definition) is 1. The second-order valence-corrected chi connectivity index (χ2v) is 5.99. The number of aromatic nitrogens is 2. The molecule has 1 N–H and O–H groups in total. The van der Waals surface area contributed by atoms with Crippen molar-refractivity contribution < 1.29 is 0 Å². The molecule has 0 aliphatic rings. The van der Waals surface area contributed by atoms with Crippen LogP contribution in [0.15, 0.2) is 36.4 Å². The van der Waals surface area contributed by atoms with Crippen molar-refractivity contribution >= 4 is 46.5 Å². The van der Waals surface area contributed by atoms with Crippen molar-refractivity contribution in [3.63, 3.8) is 0 Å². The zero-order chi connectivity index (χ0) is 14.3. The van der Waals surface area contributed by atoms with Gasteiger partial charge in [-0.05, 0) is 36.8 Å². The van der Waals surface area contributed by atoms with Crippen molar-refractivity contribution in [1.82, 2.24) is 9.55 Å². The number of nitrogens with zero attached hydrogens (tertiary/aromatic N) is 1. The number of H-pyrrole nitrogens is 1. The summed E-state index contributed by atoms with van der Waals surface area (Å²) in [7, 11) is 0. The minimum Gasteiger partial charge on any atom is -0.331 e. The number of benzene rings is 2. The Bertz CT molecular complexity index is 849. The Labute approximate surface area is 132 Å². The van der Waals surface area contributed by atoms with Crippen LogP contribution in [0.5, 0.6) is 0 Å². The van der Waals surface area contributed by atoms with E-state index in [4.69, 9.17) is 35.4 Å². The molecule has 0 fully saturated rings. The van der Waals surface area contributed by atoms with Crippen molar-refractivity contribution in [3.05, 3.63) is 62.3 Å². The van der Waals surface area contributed by atoms with E-state index in [1.807, 2.05) is 22.8 Å². The Morgan fingerprint density at radius 1 is 1.15 bits per heavy atom. The molecule has 0 bridgehead atoms. The molecule has 1 aromatic heterocycles. The fourth-order valence-electron chi connectivity index (χ4n) is 2.30. The van der Waals surface area contributed by atoms with Crippen LogP contribution >= 0.6 is 35.4 Å². The Balaban J connectivity index is 2.14. The predicted molar refractivity (Wildman–Crippen MR) is 87.4 cm³/mol. The molecule has 2 aromatic carbocycles. The van der Waals surface area contributed by atoms with Gasteiger partial charge >= 0.3 is 0 Å². The standard InChI is InChI=1S/C15H12Cl2N2S/c1-9-3-2-4-10(5-9)8-19-14-7-12(17)11(16)6-13(14)18-15(19)20/h2-7H,8H2,1H3,(H,18,20). The van der Waals surface area contributed by atoms with Gasteiger partial charge in [-0.2, -0.15) is 0 Å². The van der Waals surface area contributed by atoms with Crippen molar-refractivity contribution in [1.29, 1.82) is 0 Å². The van der Waals surface area contributed by atoms with Crippen LogP contribution in [0.25, 0.3) is 11.0 Å². The van der Waals surface area contributed by atoms with E-state index in [1.54, 1.807) is 0 Å². The number of nitrogens with one attached hydrogen (secondary N) is 1. The first-order valence-corrected chi connectivity index (χ1v) is 7.34. The van der Waals surface area contributed by atoms with Crippen LogP contribution in [0.4, 0.5) is 0 Å². The number of halogens is 2. The van der Waals surface area contributed by atoms with E-state index in [-0.39, 0.29) is 0 Å². The van der Waals surface area contributed by atoms with E-state index in [1.165, 1.54) is 11.1 Å². The average Bonchev–Trinajstić information content (AvgIpc) is 2.67. The van der Waals surface area contributed by atoms with Crippen molar-refractivity contribution in [2.24, 2.45) is 0 Å². The highest BCUT2D eigenvalue weighted by molar-refractivity contribution is 7.71. The first kappa shape index (κ1) is 13.7. The molecular formula is C15H12Cl2N2S. The predicted octanol–water partition coefficient (Wildman–Crippen LogP) is 5.36. The maximum atomic E-state index is 6.10. The van der Waals surface area contributed by atoms with E-state index < -0.39 is 0 Å². The summed E-state index contributed by atoms with van der Waals surface area (Å²) in [6.07, 6.45) is 0. The molecule has 3 rings (SSSR count). The van der Waals surface area contributed by atoms with Crippen LogP contribution in [0, 0.1) is 11.7 Å². The first-order valence-electron chi connectivity index (χ1n) is 6.18. The SMILES string of the molecule is Cc1cccc(Cn2c(=S)[nH]c3cc(Cl)c(Cl)cc32)c1. The zero-order valence-corrected chi connectivity index (χ0v) is 13.1. The van der Waals surface area contributed by atoms with Crippen LogP contribution in [-0.4, -0.2) is 9.55 Å². The smallest absolute Gasteiger partial charge is 0.178 e. The third-order valence-electron chi connectivity index (χ3n) is 3.24. The summed E-state index contributed by atoms with van der Waals surface area (Å²) in [4.78, 5) is 3.16. The van der Waals surface area contributed by atoms with Gasteiger partial charge in [0.1, 0.15) is 0 Å². The summed E-state index contributed by atoms with van der Waals surface area (Å²) in [6, 6.07) is 12.0. The van der Waals surface area contributed by atoms with Crippen LogP contribution in [0.3, 0.4) is 0 Å². The third-order valence-corrected chi connectivity index (χ3v) is 4.28. The van der Waals surface area contributed by atoms with E-state index >= 15 is 0 Å². The van der Waals surface area contributed by atoms with E-state index in [0.717, 1.165) is 11.0 Å². The monoisotopic (exact) mass is 322 g/mol. The Hall–Kier alpha value is -1.29. The molecule has 2 nitrogen and oxygen atoms in total. The summed E-state index contributed by atoms with van der Waals surface area (Å²) in [6.45, 7) is 2.78. The van der Waals surface area contributed by atoms with Gasteiger partial charge in [-0.25, -0.2) is 0 Å². The van der Waals surface area contributed by atoms with Gasteiger partial charge in [-0.3, -0.25) is 0 Å². The molecule has 5 heteroatoms. The normalized spacial score (nSPS) is 11.2. The molecular weight excluding hydrogens is 311 g/mol. The quantitative estimate of drug-likeness (QED) is 0.629. The van der Waals surface area contributed by atoms with Crippen LogP contribution in [0.2, 0.25) is 10.0 Å². The Morgan fingerprint density at radius 2 is 1.90 bits per heavy atom. The molecule has 0 aliphatic carbocycles. The van der Waals surface area contributed by atoms with Gasteiger partial charge in [0.05, 0.1) is 27.6 Å². The van der Waals surface area contributed by atoms with Crippen molar-refractivity contribution in [3.8, 4) is 0 Å². The highest BCUT2D eigenvalue weighted by Crippen LogP contribution is 2.28. The lowest BCUT2D eigenvalue weighted by molar-refractivity contribution is 0.809.